The molecule has 194 valence electrons. The first kappa shape index (κ1) is 28.1. The van der Waals surface area contributed by atoms with Gasteiger partial charge in [-0.3, -0.25) is 0 Å². The van der Waals surface area contributed by atoms with Crippen molar-refractivity contribution in [3.05, 3.63) is 87.5 Å². The molecule has 0 fully saturated rings. The molecule has 2 aromatic carbocycles. The Morgan fingerprint density at radius 2 is 0.833 bits per heavy atom. The molecule has 3 rings (SSSR count). The van der Waals surface area contributed by atoms with Gasteiger partial charge in [-0.15, -0.1) is 0 Å². The molecule has 1 heterocycles. The summed E-state index contributed by atoms with van der Waals surface area (Å²) < 4.78 is 1.53. The molecule has 0 atom stereocenters. The van der Waals surface area contributed by atoms with Crippen LogP contribution in [-0.2, 0) is 12.8 Å². The standard InChI is InChI=1S/C34H48N2/c1-5-9-13-16-28-21-25-30(26-22-28)34-32(18-14-10-6-2)31(17-12-8-4)33(36(34)35)29-23-19-27(20-24-29)15-11-7-3/h19-26H,5-18H2,1-4H3. The molecule has 36 heavy (non-hydrogen) atoms. The van der Waals surface area contributed by atoms with E-state index >= 15 is 0 Å². The molecule has 0 aliphatic carbocycles. The largest absolute Gasteiger partial charge is 0.493 e. The van der Waals surface area contributed by atoms with Crippen molar-refractivity contribution in [3.8, 4) is 0 Å². The molecule has 0 saturated carbocycles. The van der Waals surface area contributed by atoms with Crippen LogP contribution in [0.5, 0.6) is 0 Å². The van der Waals surface area contributed by atoms with Crippen LogP contribution in [0.25, 0.3) is 16.9 Å². The third-order valence-corrected chi connectivity index (χ3v) is 7.51. The molecule has 2 heteroatoms. The first-order valence-electron chi connectivity index (χ1n) is 14.8. The van der Waals surface area contributed by atoms with E-state index in [0.29, 0.717) is 0 Å². The van der Waals surface area contributed by atoms with Crippen molar-refractivity contribution in [1.29, 1.82) is 0 Å². The second-order valence-electron chi connectivity index (χ2n) is 10.5. The first-order chi connectivity index (χ1) is 17.6. The van der Waals surface area contributed by atoms with Crippen LogP contribution in [0, 0.1) is 0 Å². The van der Waals surface area contributed by atoms with Crippen LogP contribution >= 0.6 is 0 Å². The maximum atomic E-state index is 11.7. The summed E-state index contributed by atoms with van der Waals surface area (Å²) in [6.07, 6.45) is 16.4. The third-order valence-electron chi connectivity index (χ3n) is 7.51. The summed E-state index contributed by atoms with van der Waals surface area (Å²) >= 11 is 0. The predicted molar refractivity (Wildman–Crippen MR) is 156 cm³/mol. The highest BCUT2D eigenvalue weighted by Crippen LogP contribution is 2.44. The van der Waals surface area contributed by atoms with Crippen molar-refractivity contribution < 1.29 is 4.70 Å². The quantitative estimate of drug-likeness (QED) is 0.167. The van der Waals surface area contributed by atoms with E-state index in [1.807, 2.05) is 0 Å². The minimum atomic E-state index is 0.999. The zero-order chi connectivity index (χ0) is 25.8. The van der Waals surface area contributed by atoms with E-state index in [4.69, 9.17) is 0 Å². The van der Waals surface area contributed by atoms with E-state index in [2.05, 4.69) is 76.2 Å². The maximum Gasteiger partial charge on any atom is 0.211 e. The first-order valence-corrected chi connectivity index (χ1v) is 14.8. The van der Waals surface area contributed by atoms with Crippen molar-refractivity contribution in [3.63, 3.8) is 0 Å². The van der Waals surface area contributed by atoms with E-state index in [0.717, 1.165) is 67.5 Å². The fourth-order valence-electron chi connectivity index (χ4n) is 5.31. The number of nitrogens with zero attached hydrogens (tertiary/aromatic N) is 2. The molecule has 1 aliphatic rings. The Bertz CT molecular complexity index is 1020. The van der Waals surface area contributed by atoms with E-state index in [1.165, 1.54) is 71.9 Å². The summed E-state index contributed by atoms with van der Waals surface area (Å²) in [4.78, 5) is 0. The van der Waals surface area contributed by atoms with Gasteiger partial charge in [-0.25, -0.2) is 4.70 Å². The van der Waals surface area contributed by atoms with Gasteiger partial charge >= 0.3 is 0 Å². The summed E-state index contributed by atoms with van der Waals surface area (Å²) in [5, 5.41) is 0. The Morgan fingerprint density at radius 1 is 0.472 bits per heavy atom. The van der Waals surface area contributed by atoms with Crippen molar-refractivity contribution in [2.45, 2.75) is 118 Å². The van der Waals surface area contributed by atoms with Gasteiger partial charge < -0.3 is 5.53 Å². The fraction of sp³-hybridized carbons (Fsp3) is 0.529. The zero-order valence-electron chi connectivity index (χ0n) is 23.4. The van der Waals surface area contributed by atoms with Crippen molar-refractivity contribution in [2.75, 3.05) is 0 Å². The van der Waals surface area contributed by atoms with Gasteiger partial charge in [0.25, 0.3) is 0 Å². The Kier molecular flexibility index (Phi) is 11.7. The lowest BCUT2D eigenvalue weighted by molar-refractivity contribution is -0.345. The van der Waals surface area contributed by atoms with Gasteiger partial charge in [0.15, 0.2) is 0 Å². The van der Waals surface area contributed by atoms with Gasteiger partial charge in [0, 0.05) is 22.3 Å². The highest BCUT2D eigenvalue weighted by Gasteiger charge is 2.35. The lowest BCUT2D eigenvalue weighted by Gasteiger charge is -2.11. The molecular weight excluding hydrogens is 436 g/mol. The summed E-state index contributed by atoms with van der Waals surface area (Å²) in [5.74, 6) is 0. The van der Waals surface area contributed by atoms with Crippen molar-refractivity contribution in [1.82, 2.24) is 0 Å². The average Bonchev–Trinajstić information content (AvgIpc) is 3.18. The lowest BCUT2D eigenvalue weighted by atomic mass is 9.91. The average molecular weight is 485 g/mol. The molecule has 2 aromatic rings. The van der Waals surface area contributed by atoms with Gasteiger partial charge in [-0.1, -0.05) is 90.5 Å². The van der Waals surface area contributed by atoms with Gasteiger partial charge in [-0.2, -0.15) is 0 Å². The van der Waals surface area contributed by atoms with Crippen LogP contribution in [0.2, 0.25) is 0 Å². The van der Waals surface area contributed by atoms with Crippen LogP contribution in [0.4, 0.5) is 0 Å². The van der Waals surface area contributed by atoms with E-state index in [-0.39, 0.29) is 0 Å². The molecule has 0 spiro atoms. The van der Waals surface area contributed by atoms with E-state index < -0.39 is 0 Å². The highest BCUT2D eigenvalue weighted by atomic mass is 15.2. The normalized spacial score (nSPS) is 13.8. The Hall–Kier alpha value is -2.48. The predicted octanol–water partition coefficient (Wildman–Crippen LogP) is 10.7. The summed E-state index contributed by atoms with van der Waals surface area (Å²) in [6.45, 7) is 9.02. The molecular formula is C34H48N2. The molecule has 0 saturated heterocycles. The lowest BCUT2D eigenvalue weighted by Crippen LogP contribution is -2.03. The summed E-state index contributed by atoms with van der Waals surface area (Å²) in [7, 11) is 0. The molecule has 0 aromatic heterocycles. The minimum absolute atomic E-state index is 0.999. The topological polar surface area (TPSA) is 25.3 Å². The van der Waals surface area contributed by atoms with Crippen LogP contribution < -0.4 is 0 Å². The van der Waals surface area contributed by atoms with Crippen LogP contribution in [0.1, 0.15) is 127 Å². The molecule has 0 radical (unpaired) electrons. The van der Waals surface area contributed by atoms with Crippen LogP contribution in [0.15, 0.2) is 59.7 Å². The fourth-order valence-corrected chi connectivity index (χ4v) is 5.31. The minimum Gasteiger partial charge on any atom is -0.493 e. The summed E-state index contributed by atoms with van der Waals surface area (Å²) in [6, 6.07) is 17.9. The molecule has 1 aliphatic heterocycles. The third kappa shape index (κ3) is 7.28. The summed E-state index contributed by atoms with van der Waals surface area (Å²) in [5.41, 5.74) is 21.5. The second-order valence-corrected chi connectivity index (χ2v) is 10.5. The Labute approximate surface area is 221 Å². The molecule has 0 bridgehead atoms. The zero-order valence-corrected chi connectivity index (χ0v) is 23.4. The number of rotatable bonds is 16. The number of hydrogen-bond acceptors (Lipinski definition) is 0. The van der Waals surface area contributed by atoms with E-state index in [9.17, 15) is 5.53 Å². The van der Waals surface area contributed by atoms with Gasteiger partial charge in [0.2, 0.25) is 11.4 Å². The monoisotopic (exact) mass is 484 g/mol. The molecule has 0 N–H and O–H groups in total. The van der Waals surface area contributed by atoms with Gasteiger partial charge in [-0.05, 0) is 86.8 Å². The number of allylic oxidation sites excluding steroid dienone is 2. The maximum absolute atomic E-state index is 11.7. The second kappa shape index (κ2) is 14.9. The molecule has 2 nitrogen and oxygen atoms in total. The molecule has 0 amide bonds. The Balaban J connectivity index is 1.99. The number of unbranched alkanes of at least 4 members (excludes halogenated alkanes) is 6. The van der Waals surface area contributed by atoms with Crippen LogP contribution in [0.3, 0.4) is 0 Å². The Morgan fingerprint density at radius 3 is 1.28 bits per heavy atom. The number of benzene rings is 2. The van der Waals surface area contributed by atoms with Crippen molar-refractivity contribution in [2.24, 2.45) is 0 Å². The highest BCUT2D eigenvalue weighted by molar-refractivity contribution is 5.82. The smallest absolute Gasteiger partial charge is 0.211 e. The van der Waals surface area contributed by atoms with Crippen LogP contribution in [-0.4, -0.2) is 4.70 Å². The van der Waals surface area contributed by atoms with Gasteiger partial charge in [0.05, 0.1) is 0 Å². The SMILES string of the molecule is CCCCCC1=C(c2ccc(CCCCC)cc2)[N+](=[N-])C(c2ccc(CCCC)cc2)=C1CCCC. The number of hydrogen-bond donors (Lipinski definition) is 0. The molecule has 0 unspecified atom stereocenters. The number of aryl methyl sites for hydroxylation is 2. The van der Waals surface area contributed by atoms with Crippen molar-refractivity contribution >= 4 is 11.4 Å². The van der Waals surface area contributed by atoms with Gasteiger partial charge in [0.1, 0.15) is 0 Å². The van der Waals surface area contributed by atoms with E-state index in [1.54, 1.807) is 0 Å².